The van der Waals surface area contributed by atoms with Crippen LogP contribution in [0, 0.1) is 5.92 Å². The van der Waals surface area contributed by atoms with E-state index < -0.39 is 8.07 Å². The smallest absolute Gasteiger partial charge is 0.0679 e. The second kappa shape index (κ2) is 11.7. The maximum absolute atomic E-state index is 2.68. The van der Waals surface area contributed by atoms with Crippen LogP contribution in [0.2, 0.25) is 13.1 Å². The molecule has 4 aromatic carbocycles. The second-order valence-electron chi connectivity index (χ2n) is 16.8. The van der Waals surface area contributed by atoms with E-state index >= 15 is 0 Å². The van der Waals surface area contributed by atoms with Gasteiger partial charge in [-0.05, 0) is 78.8 Å². The summed E-state index contributed by atoms with van der Waals surface area (Å²) in [5.74, 6) is 0.503. The van der Waals surface area contributed by atoms with Crippen molar-refractivity contribution < 1.29 is 0 Å². The normalized spacial score (nSPS) is 18.0. The van der Waals surface area contributed by atoms with Crippen LogP contribution in [0.5, 0.6) is 0 Å². The highest BCUT2D eigenvalue weighted by Gasteiger charge is 2.49. The minimum absolute atomic E-state index is 0.153. The molecule has 2 aliphatic rings. The number of rotatable bonds is 6. The van der Waals surface area contributed by atoms with E-state index in [1.807, 2.05) is 0 Å². The Bertz CT molecular complexity index is 1810. The maximum Gasteiger partial charge on any atom is 0.0722 e. The average molecular weight is 623 g/mol. The zero-order chi connectivity index (χ0) is 33.2. The molecule has 0 bridgehead atoms. The zero-order valence-electron chi connectivity index (χ0n) is 30.2. The molecule has 0 fully saturated rings. The summed E-state index contributed by atoms with van der Waals surface area (Å²) in [6.07, 6.45) is 6.26. The lowest BCUT2D eigenvalue weighted by Gasteiger charge is -2.41. The molecule has 238 valence electrons. The van der Waals surface area contributed by atoms with Gasteiger partial charge >= 0.3 is 0 Å². The summed E-state index contributed by atoms with van der Waals surface area (Å²) in [5.41, 5.74) is 18.7. The molecule has 1 heteroatoms. The minimum atomic E-state index is -2.00. The lowest BCUT2D eigenvalue weighted by Crippen LogP contribution is -2.43. The molecule has 0 aliphatic heterocycles. The van der Waals surface area contributed by atoms with E-state index in [1.54, 1.807) is 22.3 Å². The minimum Gasteiger partial charge on any atom is -0.0679 e. The Balaban J connectivity index is 1.44. The Kier molecular flexibility index (Phi) is 8.25. The first-order chi connectivity index (χ1) is 21.6. The van der Waals surface area contributed by atoms with Gasteiger partial charge in [-0.1, -0.05) is 184 Å². The number of allylic oxidation sites excluding steroid dienone is 2. The van der Waals surface area contributed by atoms with Gasteiger partial charge in [-0.3, -0.25) is 0 Å². The molecular formula is C45H54Si. The summed E-state index contributed by atoms with van der Waals surface area (Å²) in [4.78, 5) is 0. The molecule has 4 aromatic rings. The van der Waals surface area contributed by atoms with Crippen LogP contribution in [0.25, 0.3) is 34.4 Å². The number of hydrogen-bond acceptors (Lipinski definition) is 0. The molecule has 6 rings (SSSR count). The molecular weight excluding hydrogens is 569 g/mol. The molecule has 0 spiro atoms. The van der Waals surface area contributed by atoms with Gasteiger partial charge in [0.05, 0.1) is 8.07 Å². The number of fused-ring (bicyclic) bond motifs is 2. The van der Waals surface area contributed by atoms with E-state index in [0.29, 0.717) is 17.0 Å². The van der Waals surface area contributed by atoms with E-state index in [9.17, 15) is 0 Å². The molecule has 0 radical (unpaired) electrons. The maximum atomic E-state index is 2.68. The molecule has 0 saturated heterocycles. The fourth-order valence-corrected chi connectivity index (χ4v) is 13.3. The molecule has 0 nitrogen and oxygen atoms in total. The standard InChI is InChI=1S/C45H54Si/c1-12-30-27-40-35(31-19-23-33(24-20-31)44(4,5)6)15-13-17-37(40)42(30)46(10,11)43-38-18-14-16-36(41(38)28-39(43)29(2)3)32-21-25-34(26-22-32)45(7,8)9/h13-29,42-43H,12H2,1-11H3. The van der Waals surface area contributed by atoms with Crippen LogP contribution in [0.15, 0.2) is 96.1 Å². The van der Waals surface area contributed by atoms with Crippen LogP contribution in [0.3, 0.4) is 0 Å². The van der Waals surface area contributed by atoms with Crippen molar-refractivity contribution in [3.05, 3.63) is 129 Å². The van der Waals surface area contributed by atoms with Gasteiger partial charge in [0.25, 0.3) is 0 Å². The van der Waals surface area contributed by atoms with Crippen LogP contribution in [-0.2, 0) is 10.8 Å². The summed E-state index contributed by atoms with van der Waals surface area (Å²) in [6, 6.07) is 32.9. The Morgan fingerprint density at radius 1 is 0.587 bits per heavy atom. The van der Waals surface area contributed by atoms with E-state index in [2.05, 4.69) is 172 Å². The SMILES string of the molecule is CCC1=Cc2c(-c3ccc(C(C)(C)C)cc3)cccc2C1[Si](C)(C)C1C(C(C)C)=Cc2c(-c3ccc(C(C)(C)C)cc3)cccc21. The van der Waals surface area contributed by atoms with Crippen molar-refractivity contribution >= 4 is 20.2 Å². The van der Waals surface area contributed by atoms with Crippen molar-refractivity contribution in [2.45, 2.75) is 104 Å². The van der Waals surface area contributed by atoms with Crippen LogP contribution in [0.1, 0.15) is 113 Å². The van der Waals surface area contributed by atoms with Gasteiger partial charge in [-0.2, -0.15) is 0 Å². The van der Waals surface area contributed by atoms with Gasteiger partial charge < -0.3 is 0 Å². The molecule has 0 amide bonds. The van der Waals surface area contributed by atoms with E-state index in [1.165, 1.54) is 44.5 Å². The van der Waals surface area contributed by atoms with Crippen molar-refractivity contribution in [2.75, 3.05) is 0 Å². The van der Waals surface area contributed by atoms with Gasteiger partial charge in [0.1, 0.15) is 0 Å². The number of benzene rings is 4. The third-order valence-corrected chi connectivity index (χ3v) is 15.2. The molecule has 2 aliphatic carbocycles. The Hall–Kier alpha value is -3.42. The highest BCUT2D eigenvalue weighted by Crippen LogP contribution is 2.56. The zero-order valence-corrected chi connectivity index (χ0v) is 31.2. The first-order valence-corrected chi connectivity index (χ1v) is 20.7. The van der Waals surface area contributed by atoms with Crippen molar-refractivity contribution in [2.24, 2.45) is 5.92 Å². The van der Waals surface area contributed by atoms with E-state index in [-0.39, 0.29) is 10.8 Å². The average Bonchev–Trinajstić information content (AvgIpc) is 3.60. The highest BCUT2D eigenvalue weighted by molar-refractivity contribution is 6.81. The molecule has 2 unspecified atom stereocenters. The first kappa shape index (κ1) is 32.5. The van der Waals surface area contributed by atoms with Gasteiger partial charge in [0, 0.05) is 11.1 Å². The van der Waals surface area contributed by atoms with Crippen LogP contribution < -0.4 is 0 Å². The molecule has 46 heavy (non-hydrogen) atoms. The van der Waals surface area contributed by atoms with Crippen LogP contribution >= 0.6 is 0 Å². The van der Waals surface area contributed by atoms with Gasteiger partial charge in [-0.25, -0.2) is 0 Å². The lowest BCUT2D eigenvalue weighted by molar-refractivity contribution is 0.590. The summed E-state index contributed by atoms with van der Waals surface area (Å²) in [5, 5.41) is 0. The lowest BCUT2D eigenvalue weighted by atomic mass is 9.86. The monoisotopic (exact) mass is 622 g/mol. The van der Waals surface area contributed by atoms with Gasteiger partial charge in [0.15, 0.2) is 0 Å². The third kappa shape index (κ3) is 5.60. The highest BCUT2D eigenvalue weighted by atomic mass is 28.3. The molecule has 0 aromatic heterocycles. The fraction of sp³-hybridized carbons (Fsp3) is 0.378. The molecule has 0 saturated carbocycles. The topological polar surface area (TPSA) is 0 Å². The summed E-state index contributed by atoms with van der Waals surface area (Å²) < 4.78 is 0. The quantitative estimate of drug-likeness (QED) is 0.188. The number of hydrogen-bond donors (Lipinski definition) is 0. The molecule has 0 N–H and O–H groups in total. The summed E-state index contributed by atoms with van der Waals surface area (Å²) in [6.45, 7) is 26.3. The van der Waals surface area contributed by atoms with Crippen molar-refractivity contribution in [3.63, 3.8) is 0 Å². The van der Waals surface area contributed by atoms with Crippen LogP contribution in [0.4, 0.5) is 0 Å². The first-order valence-electron chi connectivity index (χ1n) is 17.5. The Labute approximate surface area is 280 Å². The van der Waals surface area contributed by atoms with Gasteiger partial charge in [0.2, 0.25) is 0 Å². The van der Waals surface area contributed by atoms with E-state index in [0.717, 1.165) is 6.42 Å². The predicted octanol–water partition coefficient (Wildman–Crippen LogP) is 13.1. The second-order valence-corrected chi connectivity index (χ2v) is 21.6. The van der Waals surface area contributed by atoms with E-state index in [4.69, 9.17) is 0 Å². The third-order valence-electron chi connectivity index (χ3n) is 10.9. The van der Waals surface area contributed by atoms with Gasteiger partial charge in [-0.15, -0.1) is 0 Å². The van der Waals surface area contributed by atoms with Crippen molar-refractivity contribution in [1.82, 2.24) is 0 Å². The Morgan fingerprint density at radius 2 is 1.02 bits per heavy atom. The fourth-order valence-electron chi connectivity index (χ4n) is 8.37. The Morgan fingerprint density at radius 3 is 1.43 bits per heavy atom. The van der Waals surface area contributed by atoms with Crippen molar-refractivity contribution in [1.29, 1.82) is 0 Å². The predicted molar refractivity (Wildman–Crippen MR) is 205 cm³/mol. The summed E-state index contributed by atoms with van der Waals surface area (Å²) >= 11 is 0. The largest absolute Gasteiger partial charge is 0.0722 e. The van der Waals surface area contributed by atoms with Crippen molar-refractivity contribution in [3.8, 4) is 22.3 Å². The molecule has 0 heterocycles. The van der Waals surface area contributed by atoms with Crippen LogP contribution in [-0.4, -0.2) is 8.07 Å². The molecule has 2 atom stereocenters. The summed E-state index contributed by atoms with van der Waals surface area (Å²) in [7, 11) is -2.00.